The van der Waals surface area contributed by atoms with E-state index in [-0.39, 0.29) is 0 Å². The van der Waals surface area contributed by atoms with Crippen molar-refractivity contribution in [3.8, 4) is 0 Å². The molecule has 3 heteroatoms. The molecule has 2 nitrogen and oxygen atoms in total. The first kappa shape index (κ1) is 7.22. The molecule has 0 aromatic rings. The largest absolute Gasteiger partial charge is 0.247 e. The summed E-state index contributed by atoms with van der Waals surface area (Å²) in [6.07, 6.45) is 7.55. The molecule has 1 fully saturated rings. The Morgan fingerprint density at radius 2 is 2.27 bits per heavy atom. The molecule has 0 bridgehead atoms. The van der Waals surface area contributed by atoms with Crippen LogP contribution in [0.5, 0.6) is 0 Å². The van der Waals surface area contributed by atoms with E-state index in [0.29, 0.717) is 0 Å². The summed E-state index contributed by atoms with van der Waals surface area (Å²) in [6.45, 7) is 0. The Kier molecular flexibility index (Phi) is 2.17. The zero-order valence-electron chi connectivity index (χ0n) is 6.42. The van der Waals surface area contributed by atoms with E-state index >= 15 is 0 Å². The number of nitrogens with one attached hydrogen (secondary N) is 1. The Labute approximate surface area is 71.3 Å². The van der Waals surface area contributed by atoms with Crippen molar-refractivity contribution < 1.29 is 0 Å². The normalized spacial score (nSPS) is 24.9. The Hall–Kier alpha value is -0.440. The van der Waals surface area contributed by atoms with Crippen LogP contribution in [0, 0.1) is 5.92 Å². The van der Waals surface area contributed by atoms with Crippen molar-refractivity contribution in [2.24, 2.45) is 11.0 Å². The molecular formula is C8H12N2S. The molecule has 0 spiro atoms. The average molecular weight is 168 g/mol. The Morgan fingerprint density at radius 3 is 2.91 bits per heavy atom. The SMILES string of the molecule is C1=CC(C2CCCC2)=NNS1. The van der Waals surface area contributed by atoms with Gasteiger partial charge in [0.2, 0.25) is 0 Å². The fraction of sp³-hybridized carbons (Fsp3) is 0.625. The van der Waals surface area contributed by atoms with Crippen LogP contribution in [0.25, 0.3) is 0 Å². The highest BCUT2D eigenvalue weighted by Gasteiger charge is 2.19. The van der Waals surface area contributed by atoms with Crippen LogP contribution >= 0.6 is 11.9 Å². The molecule has 0 amide bonds. The zero-order chi connectivity index (χ0) is 7.52. The van der Waals surface area contributed by atoms with Crippen LogP contribution in [-0.4, -0.2) is 5.71 Å². The molecule has 2 rings (SSSR count). The summed E-state index contributed by atoms with van der Waals surface area (Å²) >= 11 is 1.54. The summed E-state index contributed by atoms with van der Waals surface area (Å²) < 4.78 is 0. The van der Waals surface area contributed by atoms with Gasteiger partial charge in [-0.1, -0.05) is 12.8 Å². The molecule has 0 saturated heterocycles. The zero-order valence-corrected chi connectivity index (χ0v) is 7.23. The minimum absolute atomic E-state index is 0.736. The lowest BCUT2D eigenvalue weighted by Gasteiger charge is -2.11. The third-order valence-corrected chi connectivity index (χ3v) is 2.78. The number of nitrogens with zero attached hydrogens (tertiary/aromatic N) is 1. The number of hydrogen-bond acceptors (Lipinski definition) is 3. The van der Waals surface area contributed by atoms with Crippen LogP contribution in [0.15, 0.2) is 16.6 Å². The molecule has 0 unspecified atom stereocenters. The van der Waals surface area contributed by atoms with Gasteiger partial charge in [-0.2, -0.15) is 5.10 Å². The molecule has 1 N–H and O–H groups in total. The maximum absolute atomic E-state index is 4.25. The summed E-state index contributed by atoms with van der Waals surface area (Å²) in [4.78, 5) is 2.93. The van der Waals surface area contributed by atoms with Gasteiger partial charge in [0.05, 0.1) is 5.71 Å². The van der Waals surface area contributed by atoms with Crippen molar-refractivity contribution in [1.29, 1.82) is 0 Å². The Bertz CT molecular complexity index is 192. The minimum Gasteiger partial charge on any atom is -0.247 e. The minimum atomic E-state index is 0.736. The van der Waals surface area contributed by atoms with Crippen molar-refractivity contribution in [2.75, 3.05) is 0 Å². The fourth-order valence-corrected chi connectivity index (χ4v) is 2.13. The van der Waals surface area contributed by atoms with Crippen LogP contribution in [0.1, 0.15) is 25.7 Å². The van der Waals surface area contributed by atoms with Gasteiger partial charge in [0, 0.05) is 5.92 Å². The first-order valence-corrected chi connectivity index (χ1v) is 4.99. The summed E-state index contributed by atoms with van der Waals surface area (Å²) in [6, 6.07) is 0. The molecular weight excluding hydrogens is 156 g/mol. The van der Waals surface area contributed by atoms with Crippen molar-refractivity contribution in [3.05, 3.63) is 11.5 Å². The van der Waals surface area contributed by atoms with E-state index < -0.39 is 0 Å². The van der Waals surface area contributed by atoms with Crippen LogP contribution < -0.4 is 4.83 Å². The van der Waals surface area contributed by atoms with Gasteiger partial charge in [-0.05, 0) is 36.3 Å². The summed E-state index contributed by atoms with van der Waals surface area (Å²) in [7, 11) is 0. The van der Waals surface area contributed by atoms with E-state index in [2.05, 4.69) is 21.4 Å². The van der Waals surface area contributed by atoms with Gasteiger partial charge in [0.15, 0.2) is 0 Å². The van der Waals surface area contributed by atoms with Crippen molar-refractivity contribution in [3.63, 3.8) is 0 Å². The van der Waals surface area contributed by atoms with Gasteiger partial charge in [0.1, 0.15) is 0 Å². The molecule has 2 aliphatic rings. The molecule has 0 aromatic heterocycles. The predicted molar refractivity (Wildman–Crippen MR) is 49.3 cm³/mol. The van der Waals surface area contributed by atoms with Crippen molar-refractivity contribution >= 4 is 17.7 Å². The van der Waals surface area contributed by atoms with E-state index in [1.165, 1.54) is 43.3 Å². The van der Waals surface area contributed by atoms with Gasteiger partial charge in [-0.3, -0.25) is 0 Å². The number of hydrazone groups is 1. The molecule has 1 saturated carbocycles. The van der Waals surface area contributed by atoms with Gasteiger partial charge in [-0.25, -0.2) is 4.83 Å². The van der Waals surface area contributed by atoms with Crippen molar-refractivity contribution in [1.82, 2.24) is 4.83 Å². The smallest absolute Gasteiger partial charge is 0.0649 e. The Morgan fingerprint density at radius 1 is 1.45 bits per heavy atom. The third-order valence-electron chi connectivity index (χ3n) is 2.31. The first-order chi connectivity index (χ1) is 5.47. The Balaban J connectivity index is 2.02. The van der Waals surface area contributed by atoms with Crippen molar-refractivity contribution in [2.45, 2.75) is 25.7 Å². The van der Waals surface area contributed by atoms with Gasteiger partial charge in [-0.15, -0.1) is 0 Å². The summed E-state index contributed by atoms with van der Waals surface area (Å²) in [5.74, 6) is 0.736. The lowest BCUT2D eigenvalue weighted by Crippen LogP contribution is -2.13. The molecule has 0 atom stereocenters. The molecule has 60 valence electrons. The third kappa shape index (κ3) is 1.59. The van der Waals surface area contributed by atoms with E-state index in [1.807, 2.05) is 0 Å². The molecule has 0 radical (unpaired) electrons. The van der Waals surface area contributed by atoms with E-state index in [0.717, 1.165) is 5.92 Å². The second-order valence-electron chi connectivity index (χ2n) is 3.03. The number of hydrogen-bond donors (Lipinski definition) is 1. The highest BCUT2D eigenvalue weighted by atomic mass is 32.2. The highest BCUT2D eigenvalue weighted by Crippen LogP contribution is 2.27. The first-order valence-electron chi connectivity index (χ1n) is 4.11. The molecule has 1 aliphatic heterocycles. The van der Waals surface area contributed by atoms with E-state index in [1.54, 1.807) is 0 Å². The fourth-order valence-electron chi connectivity index (χ4n) is 1.70. The second-order valence-corrected chi connectivity index (χ2v) is 3.72. The molecule has 1 heterocycles. The lowest BCUT2D eigenvalue weighted by atomic mass is 10.0. The lowest BCUT2D eigenvalue weighted by molar-refractivity contribution is 0.725. The summed E-state index contributed by atoms with van der Waals surface area (Å²) in [5.41, 5.74) is 1.25. The maximum Gasteiger partial charge on any atom is 0.0649 e. The second kappa shape index (κ2) is 3.30. The monoisotopic (exact) mass is 168 g/mol. The topological polar surface area (TPSA) is 24.4 Å². The van der Waals surface area contributed by atoms with Crippen LogP contribution in [0.2, 0.25) is 0 Å². The average Bonchev–Trinajstić information content (AvgIpc) is 2.58. The van der Waals surface area contributed by atoms with Crippen LogP contribution in [0.3, 0.4) is 0 Å². The standard InChI is InChI=1S/C8H12N2S/c1-2-4-7(3-1)8-5-6-11-10-9-8/h5-7,10H,1-4H2. The number of allylic oxidation sites excluding steroid dienone is 1. The predicted octanol–water partition coefficient (Wildman–Crippen LogP) is 2.30. The molecule has 11 heavy (non-hydrogen) atoms. The van der Waals surface area contributed by atoms with Crippen LogP contribution in [-0.2, 0) is 0 Å². The molecule has 0 aromatic carbocycles. The van der Waals surface area contributed by atoms with E-state index in [4.69, 9.17) is 0 Å². The van der Waals surface area contributed by atoms with E-state index in [9.17, 15) is 0 Å². The number of rotatable bonds is 1. The van der Waals surface area contributed by atoms with Crippen LogP contribution in [0.4, 0.5) is 0 Å². The highest BCUT2D eigenvalue weighted by molar-refractivity contribution is 8.00. The molecule has 1 aliphatic carbocycles. The van der Waals surface area contributed by atoms with Gasteiger partial charge < -0.3 is 0 Å². The summed E-state index contributed by atoms with van der Waals surface area (Å²) in [5, 5.41) is 6.32. The van der Waals surface area contributed by atoms with Gasteiger partial charge in [0.25, 0.3) is 0 Å². The maximum atomic E-state index is 4.25. The quantitative estimate of drug-likeness (QED) is 0.607. The van der Waals surface area contributed by atoms with Gasteiger partial charge >= 0.3 is 0 Å².